The molecule has 0 spiro atoms. The standard InChI is InChI=1S/C10H11BrIN/c11-9-7(2-1-3-8(9)12)10(13)6-4-5-6/h1-3,6,10H,4-5,13H2/t10-/m1/s1. The van der Waals surface area contributed by atoms with E-state index >= 15 is 0 Å². The number of rotatable bonds is 2. The molecule has 2 N–H and O–H groups in total. The fourth-order valence-electron chi connectivity index (χ4n) is 1.49. The Morgan fingerprint density at radius 3 is 2.77 bits per heavy atom. The third-order valence-corrected chi connectivity index (χ3v) is 5.00. The van der Waals surface area contributed by atoms with E-state index in [1.807, 2.05) is 0 Å². The van der Waals surface area contributed by atoms with Crippen molar-refractivity contribution >= 4 is 38.5 Å². The number of nitrogens with two attached hydrogens (primary N) is 1. The van der Waals surface area contributed by atoms with Crippen molar-refractivity contribution in [3.05, 3.63) is 31.8 Å². The van der Waals surface area contributed by atoms with Gasteiger partial charge in [-0.15, -0.1) is 0 Å². The number of halogens is 2. The zero-order valence-corrected chi connectivity index (χ0v) is 10.9. The molecule has 0 aliphatic heterocycles. The van der Waals surface area contributed by atoms with E-state index in [2.05, 4.69) is 56.7 Å². The summed E-state index contributed by atoms with van der Waals surface area (Å²) in [4.78, 5) is 0. The average molecular weight is 352 g/mol. The largest absolute Gasteiger partial charge is 0.324 e. The predicted molar refractivity (Wildman–Crippen MR) is 66.5 cm³/mol. The molecule has 1 aromatic carbocycles. The predicted octanol–water partition coefficient (Wildman–Crippen LogP) is 3.46. The number of hydrogen-bond acceptors (Lipinski definition) is 1. The summed E-state index contributed by atoms with van der Waals surface area (Å²) in [6.07, 6.45) is 2.58. The topological polar surface area (TPSA) is 26.0 Å². The lowest BCUT2D eigenvalue weighted by Crippen LogP contribution is -2.13. The Bertz CT molecular complexity index is 323. The molecule has 1 atom stereocenters. The van der Waals surface area contributed by atoms with Crippen LogP contribution in [0, 0.1) is 9.49 Å². The van der Waals surface area contributed by atoms with Crippen molar-refractivity contribution in [2.75, 3.05) is 0 Å². The molecule has 1 nitrogen and oxygen atoms in total. The summed E-state index contributed by atoms with van der Waals surface area (Å²) in [7, 11) is 0. The Hall–Kier alpha value is 0.390. The molecule has 70 valence electrons. The molecule has 1 aliphatic rings. The van der Waals surface area contributed by atoms with Crippen molar-refractivity contribution < 1.29 is 0 Å². The van der Waals surface area contributed by atoms with Crippen LogP contribution >= 0.6 is 38.5 Å². The minimum absolute atomic E-state index is 0.226. The van der Waals surface area contributed by atoms with Crippen LogP contribution < -0.4 is 5.73 Å². The van der Waals surface area contributed by atoms with Gasteiger partial charge in [-0.2, -0.15) is 0 Å². The first kappa shape index (κ1) is 9.93. The van der Waals surface area contributed by atoms with Crippen LogP contribution in [0.25, 0.3) is 0 Å². The van der Waals surface area contributed by atoms with E-state index in [0.29, 0.717) is 0 Å². The van der Waals surface area contributed by atoms with Crippen LogP contribution in [0.3, 0.4) is 0 Å². The van der Waals surface area contributed by atoms with E-state index < -0.39 is 0 Å². The number of hydrogen-bond donors (Lipinski definition) is 1. The molecule has 0 heterocycles. The van der Waals surface area contributed by atoms with Gasteiger partial charge in [-0.05, 0) is 68.9 Å². The minimum Gasteiger partial charge on any atom is -0.324 e. The Labute approximate surface area is 100 Å². The summed E-state index contributed by atoms with van der Waals surface area (Å²) < 4.78 is 2.42. The Morgan fingerprint density at radius 2 is 2.15 bits per heavy atom. The summed E-state index contributed by atoms with van der Waals surface area (Å²) in [6, 6.07) is 6.51. The van der Waals surface area contributed by atoms with Gasteiger partial charge in [0.2, 0.25) is 0 Å². The highest BCUT2D eigenvalue weighted by molar-refractivity contribution is 14.1. The highest BCUT2D eigenvalue weighted by Gasteiger charge is 2.30. The summed E-state index contributed by atoms with van der Waals surface area (Å²) >= 11 is 5.91. The lowest BCUT2D eigenvalue weighted by atomic mass is 10.0. The van der Waals surface area contributed by atoms with E-state index in [9.17, 15) is 0 Å². The van der Waals surface area contributed by atoms with E-state index in [1.54, 1.807) is 0 Å². The van der Waals surface area contributed by atoms with Gasteiger partial charge < -0.3 is 5.73 Å². The third-order valence-electron chi connectivity index (χ3n) is 2.47. The molecular formula is C10H11BrIN. The first-order chi connectivity index (χ1) is 6.20. The zero-order valence-electron chi connectivity index (χ0n) is 7.13. The molecule has 1 aliphatic carbocycles. The molecule has 1 saturated carbocycles. The second-order valence-electron chi connectivity index (χ2n) is 3.51. The SMILES string of the molecule is N[C@@H](c1cccc(I)c1Br)C1CC1. The van der Waals surface area contributed by atoms with Crippen LogP contribution in [0.5, 0.6) is 0 Å². The van der Waals surface area contributed by atoms with Crippen molar-refractivity contribution in [2.24, 2.45) is 11.7 Å². The van der Waals surface area contributed by atoms with Gasteiger partial charge in [-0.25, -0.2) is 0 Å². The van der Waals surface area contributed by atoms with Crippen LogP contribution in [0.1, 0.15) is 24.4 Å². The van der Waals surface area contributed by atoms with Crippen molar-refractivity contribution in [1.29, 1.82) is 0 Å². The summed E-state index contributed by atoms with van der Waals surface area (Å²) in [5.74, 6) is 0.717. The molecule has 3 heteroatoms. The molecular weight excluding hydrogens is 341 g/mol. The van der Waals surface area contributed by atoms with E-state index in [1.165, 1.54) is 26.4 Å². The smallest absolute Gasteiger partial charge is 0.0356 e. The Balaban J connectivity index is 2.32. The summed E-state index contributed by atoms with van der Waals surface area (Å²) in [5, 5.41) is 0. The van der Waals surface area contributed by atoms with Gasteiger partial charge in [0, 0.05) is 14.1 Å². The third kappa shape index (κ3) is 2.07. The van der Waals surface area contributed by atoms with Gasteiger partial charge in [0.05, 0.1) is 0 Å². The molecule has 1 aromatic rings. The van der Waals surface area contributed by atoms with Crippen molar-refractivity contribution in [3.8, 4) is 0 Å². The molecule has 0 saturated heterocycles. The maximum Gasteiger partial charge on any atom is 0.0356 e. The number of benzene rings is 1. The minimum atomic E-state index is 0.226. The van der Waals surface area contributed by atoms with Gasteiger partial charge in [-0.3, -0.25) is 0 Å². The van der Waals surface area contributed by atoms with Gasteiger partial charge in [-0.1, -0.05) is 12.1 Å². The second-order valence-corrected chi connectivity index (χ2v) is 5.46. The van der Waals surface area contributed by atoms with Crippen LogP contribution in [-0.2, 0) is 0 Å². The monoisotopic (exact) mass is 351 g/mol. The Kier molecular flexibility index (Phi) is 2.95. The molecule has 0 unspecified atom stereocenters. The van der Waals surface area contributed by atoms with E-state index in [4.69, 9.17) is 5.73 Å². The van der Waals surface area contributed by atoms with Crippen LogP contribution in [0.15, 0.2) is 22.7 Å². The summed E-state index contributed by atoms with van der Waals surface area (Å²) in [6.45, 7) is 0. The lowest BCUT2D eigenvalue weighted by molar-refractivity contribution is 0.630. The highest BCUT2D eigenvalue weighted by Crippen LogP contribution is 2.42. The molecule has 2 rings (SSSR count). The van der Waals surface area contributed by atoms with Crippen molar-refractivity contribution in [3.63, 3.8) is 0 Å². The highest BCUT2D eigenvalue weighted by atomic mass is 127. The normalized spacial score (nSPS) is 18.7. The lowest BCUT2D eigenvalue weighted by Gasteiger charge is -2.13. The molecule has 0 aromatic heterocycles. The Morgan fingerprint density at radius 1 is 1.46 bits per heavy atom. The fraction of sp³-hybridized carbons (Fsp3) is 0.400. The van der Waals surface area contributed by atoms with Crippen molar-refractivity contribution in [1.82, 2.24) is 0 Å². The molecule has 1 fully saturated rings. The average Bonchev–Trinajstić information content (AvgIpc) is 2.91. The molecule has 0 amide bonds. The second kappa shape index (κ2) is 3.87. The first-order valence-corrected chi connectivity index (χ1v) is 6.27. The van der Waals surface area contributed by atoms with E-state index in [-0.39, 0.29) is 6.04 Å². The van der Waals surface area contributed by atoms with Crippen molar-refractivity contribution in [2.45, 2.75) is 18.9 Å². The molecule has 0 bridgehead atoms. The maximum atomic E-state index is 6.14. The van der Waals surface area contributed by atoms with Gasteiger partial charge in [0.25, 0.3) is 0 Å². The quantitative estimate of drug-likeness (QED) is 0.811. The van der Waals surface area contributed by atoms with Gasteiger partial charge >= 0.3 is 0 Å². The van der Waals surface area contributed by atoms with Gasteiger partial charge in [0.15, 0.2) is 0 Å². The first-order valence-electron chi connectivity index (χ1n) is 4.39. The van der Waals surface area contributed by atoms with Crippen LogP contribution in [0.2, 0.25) is 0 Å². The molecule has 13 heavy (non-hydrogen) atoms. The van der Waals surface area contributed by atoms with E-state index in [0.717, 1.165) is 5.92 Å². The molecule has 0 radical (unpaired) electrons. The van der Waals surface area contributed by atoms with Crippen LogP contribution in [0.4, 0.5) is 0 Å². The summed E-state index contributed by atoms with van der Waals surface area (Å²) in [5.41, 5.74) is 7.40. The fourth-order valence-corrected chi connectivity index (χ4v) is 2.53. The van der Waals surface area contributed by atoms with Crippen LogP contribution in [-0.4, -0.2) is 0 Å². The maximum absolute atomic E-state index is 6.14. The van der Waals surface area contributed by atoms with Gasteiger partial charge in [0.1, 0.15) is 0 Å². The zero-order chi connectivity index (χ0) is 9.42.